The van der Waals surface area contributed by atoms with Crippen LogP contribution in [-0.4, -0.2) is 22.2 Å². The third-order valence-electron chi connectivity index (χ3n) is 1.86. The molecule has 0 aromatic rings. The maximum atomic E-state index is 10.7. The van der Waals surface area contributed by atoms with Crippen molar-refractivity contribution in [1.29, 1.82) is 0 Å². The molecule has 4 heteroatoms. The quantitative estimate of drug-likeness (QED) is 0.404. The van der Waals surface area contributed by atoms with Gasteiger partial charge in [-0.15, -0.1) is 0 Å². The molecule has 14 heavy (non-hydrogen) atoms. The molecule has 0 aromatic carbocycles. The molecular weight excluding hydrogens is 184 g/mol. The topological polar surface area (TPSA) is 74.6 Å². The zero-order valence-corrected chi connectivity index (χ0v) is 8.70. The van der Waals surface area contributed by atoms with Crippen LogP contribution in [0.1, 0.15) is 33.6 Å². The molecule has 0 fully saturated rings. The van der Waals surface area contributed by atoms with E-state index in [4.69, 9.17) is 10.2 Å². The van der Waals surface area contributed by atoms with E-state index in [1.165, 1.54) is 0 Å². The lowest BCUT2D eigenvalue weighted by Crippen LogP contribution is -2.15. The number of carbonyl (C=O) groups is 2. The number of rotatable bonds is 5. The van der Waals surface area contributed by atoms with Crippen molar-refractivity contribution in [2.75, 3.05) is 0 Å². The number of aliphatic carboxylic acids is 2. The van der Waals surface area contributed by atoms with E-state index in [1.807, 2.05) is 13.8 Å². The molecule has 0 radical (unpaired) electrons. The van der Waals surface area contributed by atoms with E-state index in [0.29, 0.717) is 18.4 Å². The van der Waals surface area contributed by atoms with Gasteiger partial charge < -0.3 is 10.2 Å². The normalized spacial score (nSPS) is 10.0. The summed E-state index contributed by atoms with van der Waals surface area (Å²) in [4.78, 5) is 21.4. The summed E-state index contributed by atoms with van der Waals surface area (Å²) in [7, 11) is 0. The van der Waals surface area contributed by atoms with Gasteiger partial charge in [-0.3, -0.25) is 0 Å². The highest BCUT2D eigenvalue weighted by Gasteiger charge is 2.21. The largest absolute Gasteiger partial charge is 0.477 e. The number of hydrogen-bond donors (Lipinski definition) is 2. The zero-order chi connectivity index (χ0) is 11.3. The first-order valence-electron chi connectivity index (χ1n) is 4.58. The molecule has 80 valence electrons. The van der Waals surface area contributed by atoms with Crippen molar-refractivity contribution < 1.29 is 19.8 Å². The van der Waals surface area contributed by atoms with E-state index in [2.05, 4.69) is 0 Å². The van der Waals surface area contributed by atoms with Crippen LogP contribution in [0.3, 0.4) is 0 Å². The maximum Gasteiger partial charge on any atom is 0.343 e. The third kappa shape index (κ3) is 3.60. The molecule has 0 aliphatic carbocycles. The Morgan fingerprint density at radius 1 is 1.14 bits per heavy atom. The van der Waals surface area contributed by atoms with E-state index in [0.717, 1.165) is 0 Å². The molecule has 0 aromatic heterocycles. The van der Waals surface area contributed by atoms with Crippen LogP contribution in [0, 0.1) is 5.92 Å². The summed E-state index contributed by atoms with van der Waals surface area (Å²) in [6.07, 6.45) is 0.983. The molecule has 0 bridgehead atoms. The molecule has 4 nitrogen and oxygen atoms in total. The summed E-state index contributed by atoms with van der Waals surface area (Å²) in [6.45, 7) is 5.62. The molecule has 0 heterocycles. The summed E-state index contributed by atoms with van der Waals surface area (Å²) >= 11 is 0. The van der Waals surface area contributed by atoms with Crippen molar-refractivity contribution in [3.8, 4) is 0 Å². The Morgan fingerprint density at radius 3 is 1.79 bits per heavy atom. The second-order valence-electron chi connectivity index (χ2n) is 3.54. The maximum absolute atomic E-state index is 10.7. The summed E-state index contributed by atoms with van der Waals surface area (Å²) in [5.41, 5.74) is 0.0289. The third-order valence-corrected chi connectivity index (χ3v) is 1.86. The van der Waals surface area contributed by atoms with Gasteiger partial charge >= 0.3 is 11.9 Å². The van der Waals surface area contributed by atoms with E-state index in [1.54, 1.807) is 6.92 Å². The van der Waals surface area contributed by atoms with Crippen LogP contribution < -0.4 is 0 Å². The lowest BCUT2D eigenvalue weighted by atomic mass is 9.96. The Morgan fingerprint density at radius 2 is 1.57 bits per heavy atom. The smallest absolute Gasteiger partial charge is 0.343 e. The van der Waals surface area contributed by atoms with Crippen molar-refractivity contribution in [2.45, 2.75) is 33.6 Å². The van der Waals surface area contributed by atoms with Crippen molar-refractivity contribution in [2.24, 2.45) is 5.92 Å². The fourth-order valence-corrected chi connectivity index (χ4v) is 1.31. The van der Waals surface area contributed by atoms with Gasteiger partial charge in [0.05, 0.1) is 0 Å². The van der Waals surface area contributed by atoms with Gasteiger partial charge in [0.15, 0.2) is 0 Å². The van der Waals surface area contributed by atoms with Gasteiger partial charge in [0.1, 0.15) is 5.57 Å². The van der Waals surface area contributed by atoms with Gasteiger partial charge in [-0.05, 0) is 24.3 Å². The highest BCUT2D eigenvalue weighted by Crippen LogP contribution is 2.18. The van der Waals surface area contributed by atoms with Crippen LogP contribution in [0.25, 0.3) is 0 Å². The zero-order valence-electron chi connectivity index (χ0n) is 8.70. The predicted octanol–water partition coefficient (Wildman–Crippen LogP) is 1.91. The standard InChI is InChI=1S/C10H16O4/c1-4-7(5-6(2)3)8(9(11)12)10(13)14/h6H,4-5H2,1-3H3,(H,11,12)(H,13,14). The first-order chi connectivity index (χ1) is 6.40. The SMILES string of the molecule is CCC(CC(C)C)=C(C(=O)O)C(=O)O. The van der Waals surface area contributed by atoms with Gasteiger partial charge in [0.2, 0.25) is 0 Å². The van der Waals surface area contributed by atoms with Gasteiger partial charge in [-0.1, -0.05) is 20.8 Å². The summed E-state index contributed by atoms with van der Waals surface area (Å²) < 4.78 is 0. The second-order valence-corrected chi connectivity index (χ2v) is 3.54. The van der Waals surface area contributed by atoms with Crippen LogP contribution in [0.2, 0.25) is 0 Å². The molecule has 0 atom stereocenters. The Balaban J connectivity index is 5.09. The van der Waals surface area contributed by atoms with Crippen LogP contribution >= 0.6 is 0 Å². The average molecular weight is 200 g/mol. The van der Waals surface area contributed by atoms with Crippen LogP contribution in [-0.2, 0) is 9.59 Å². The fraction of sp³-hybridized carbons (Fsp3) is 0.600. The van der Waals surface area contributed by atoms with Crippen molar-refractivity contribution in [3.63, 3.8) is 0 Å². The van der Waals surface area contributed by atoms with Gasteiger partial charge in [0.25, 0.3) is 0 Å². The van der Waals surface area contributed by atoms with Gasteiger partial charge in [-0.25, -0.2) is 9.59 Å². The molecule has 2 N–H and O–H groups in total. The summed E-state index contributed by atoms with van der Waals surface area (Å²) in [5, 5.41) is 17.4. The first-order valence-corrected chi connectivity index (χ1v) is 4.58. The predicted molar refractivity (Wildman–Crippen MR) is 52.0 cm³/mol. The van der Waals surface area contributed by atoms with E-state index in [9.17, 15) is 9.59 Å². The number of carboxylic acids is 2. The Bertz CT molecular complexity index is 247. The summed E-state index contributed by atoms with van der Waals surface area (Å²) in [5.74, 6) is -2.44. The Kier molecular flexibility index (Phi) is 4.91. The molecule has 0 saturated heterocycles. The molecule has 0 aliphatic heterocycles. The highest BCUT2D eigenvalue weighted by atomic mass is 16.4. The number of allylic oxidation sites excluding steroid dienone is 1. The van der Waals surface area contributed by atoms with E-state index < -0.39 is 17.5 Å². The first kappa shape index (κ1) is 12.7. The van der Waals surface area contributed by atoms with Gasteiger partial charge in [0, 0.05) is 0 Å². The fourth-order valence-electron chi connectivity index (χ4n) is 1.31. The van der Waals surface area contributed by atoms with Crippen molar-refractivity contribution in [1.82, 2.24) is 0 Å². The molecule has 0 aliphatic rings. The van der Waals surface area contributed by atoms with E-state index >= 15 is 0 Å². The molecular formula is C10H16O4. The Hall–Kier alpha value is -1.32. The molecule has 0 rings (SSSR count). The highest BCUT2D eigenvalue weighted by molar-refractivity contribution is 6.13. The lowest BCUT2D eigenvalue weighted by molar-refractivity contribution is -0.140. The number of hydrogen-bond acceptors (Lipinski definition) is 2. The van der Waals surface area contributed by atoms with Crippen LogP contribution in [0.15, 0.2) is 11.1 Å². The van der Waals surface area contributed by atoms with E-state index in [-0.39, 0.29) is 5.92 Å². The molecule has 0 spiro atoms. The monoisotopic (exact) mass is 200 g/mol. The van der Waals surface area contributed by atoms with Crippen LogP contribution in [0.5, 0.6) is 0 Å². The Labute approximate surface area is 83.2 Å². The van der Waals surface area contributed by atoms with Gasteiger partial charge in [-0.2, -0.15) is 0 Å². The van der Waals surface area contributed by atoms with Crippen molar-refractivity contribution >= 4 is 11.9 Å². The lowest BCUT2D eigenvalue weighted by Gasteiger charge is -2.09. The molecule has 0 saturated carbocycles. The minimum atomic E-state index is -1.35. The second kappa shape index (κ2) is 5.42. The molecule has 0 unspecified atom stereocenters. The minimum Gasteiger partial charge on any atom is -0.477 e. The van der Waals surface area contributed by atoms with Crippen molar-refractivity contribution in [3.05, 3.63) is 11.1 Å². The number of carboxylic acid groups (broad SMARTS) is 2. The average Bonchev–Trinajstić information content (AvgIpc) is 2.00. The molecule has 0 amide bonds. The summed E-state index contributed by atoms with van der Waals surface area (Å²) in [6, 6.07) is 0. The minimum absolute atomic E-state index is 0.263. The van der Waals surface area contributed by atoms with Crippen LogP contribution in [0.4, 0.5) is 0 Å².